The first kappa shape index (κ1) is 17.1. The highest BCUT2D eigenvalue weighted by Gasteiger charge is 2.28. The predicted octanol–water partition coefficient (Wildman–Crippen LogP) is 2.89. The summed E-state index contributed by atoms with van der Waals surface area (Å²) in [6, 6.07) is 4.69. The molecule has 6 nitrogen and oxygen atoms in total. The number of methoxy groups -OCH3 is 1. The third-order valence-corrected chi connectivity index (χ3v) is 4.00. The van der Waals surface area contributed by atoms with Crippen LogP contribution in [0.5, 0.6) is 11.5 Å². The van der Waals surface area contributed by atoms with Crippen molar-refractivity contribution >= 4 is 11.9 Å². The molecule has 126 valence electrons. The average molecular weight is 322 g/mol. The standard InChI is InChI=1S/C17H22O6/c1-3-22-17(20)11-4-6-12(7-5-11)23-13-8-9-14(16(18)19)15(10-13)21-2/h8-12H,3-7H2,1-2H3,(H,18,19). The van der Waals surface area contributed by atoms with Crippen LogP contribution in [0.4, 0.5) is 0 Å². The minimum atomic E-state index is -1.04. The van der Waals surface area contributed by atoms with Gasteiger partial charge < -0.3 is 19.3 Å². The quantitative estimate of drug-likeness (QED) is 0.811. The topological polar surface area (TPSA) is 82.1 Å². The number of hydrogen-bond donors (Lipinski definition) is 1. The number of carbonyl (C=O) groups is 2. The lowest BCUT2D eigenvalue weighted by Gasteiger charge is -2.27. The van der Waals surface area contributed by atoms with Crippen LogP contribution in [0, 0.1) is 5.92 Å². The lowest BCUT2D eigenvalue weighted by atomic mass is 9.87. The second kappa shape index (κ2) is 7.85. The summed E-state index contributed by atoms with van der Waals surface area (Å²) < 4.78 is 16.0. The summed E-state index contributed by atoms with van der Waals surface area (Å²) >= 11 is 0. The summed E-state index contributed by atoms with van der Waals surface area (Å²) in [5, 5.41) is 9.07. The van der Waals surface area contributed by atoms with Crippen molar-refractivity contribution in [1.29, 1.82) is 0 Å². The maximum atomic E-state index is 11.7. The number of carbonyl (C=O) groups excluding carboxylic acids is 1. The number of rotatable bonds is 6. The molecule has 0 spiro atoms. The van der Waals surface area contributed by atoms with Crippen LogP contribution in [0.2, 0.25) is 0 Å². The third-order valence-electron chi connectivity index (χ3n) is 4.00. The van der Waals surface area contributed by atoms with Crippen LogP contribution in [0.25, 0.3) is 0 Å². The average Bonchev–Trinajstić information content (AvgIpc) is 2.55. The van der Waals surface area contributed by atoms with Crippen LogP contribution in [-0.2, 0) is 9.53 Å². The highest BCUT2D eigenvalue weighted by atomic mass is 16.5. The Bertz CT molecular complexity index is 560. The Morgan fingerprint density at radius 1 is 1.22 bits per heavy atom. The first-order valence-electron chi connectivity index (χ1n) is 7.79. The zero-order chi connectivity index (χ0) is 16.8. The normalized spacial score (nSPS) is 20.6. The summed E-state index contributed by atoms with van der Waals surface area (Å²) in [4.78, 5) is 22.8. The molecular weight excluding hydrogens is 300 g/mol. The maximum absolute atomic E-state index is 11.7. The Morgan fingerprint density at radius 2 is 1.91 bits per heavy atom. The van der Waals surface area contributed by atoms with Crippen LogP contribution in [0.1, 0.15) is 43.0 Å². The fourth-order valence-corrected chi connectivity index (χ4v) is 2.79. The monoisotopic (exact) mass is 322 g/mol. The number of hydrogen-bond acceptors (Lipinski definition) is 5. The zero-order valence-electron chi connectivity index (χ0n) is 13.4. The Kier molecular flexibility index (Phi) is 5.84. The van der Waals surface area contributed by atoms with Crippen molar-refractivity contribution in [3.63, 3.8) is 0 Å². The Labute approximate surface area is 135 Å². The van der Waals surface area contributed by atoms with Gasteiger partial charge in [-0.25, -0.2) is 4.79 Å². The van der Waals surface area contributed by atoms with E-state index < -0.39 is 5.97 Å². The molecule has 0 unspecified atom stereocenters. The van der Waals surface area contributed by atoms with E-state index in [9.17, 15) is 9.59 Å². The van der Waals surface area contributed by atoms with Gasteiger partial charge in [0, 0.05) is 6.07 Å². The van der Waals surface area contributed by atoms with Gasteiger partial charge in [0.15, 0.2) is 0 Å². The Balaban J connectivity index is 1.94. The first-order valence-corrected chi connectivity index (χ1v) is 7.79. The number of aromatic carboxylic acids is 1. The summed E-state index contributed by atoms with van der Waals surface area (Å²) in [5.41, 5.74) is 0.103. The van der Waals surface area contributed by atoms with Gasteiger partial charge in [-0.1, -0.05) is 0 Å². The van der Waals surface area contributed by atoms with Gasteiger partial charge in [-0.3, -0.25) is 4.79 Å². The summed E-state index contributed by atoms with van der Waals surface area (Å²) in [6.07, 6.45) is 3.04. The molecular formula is C17H22O6. The lowest BCUT2D eigenvalue weighted by molar-refractivity contribution is -0.149. The molecule has 0 saturated heterocycles. The summed E-state index contributed by atoms with van der Waals surface area (Å²) in [5.74, 6) is -0.359. The molecule has 23 heavy (non-hydrogen) atoms. The second-order valence-corrected chi connectivity index (χ2v) is 5.51. The molecule has 1 aromatic carbocycles. The fraction of sp³-hybridized carbons (Fsp3) is 0.529. The van der Waals surface area contributed by atoms with Gasteiger partial charge in [0.2, 0.25) is 0 Å². The van der Waals surface area contributed by atoms with Crippen LogP contribution >= 0.6 is 0 Å². The molecule has 0 bridgehead atoms. The molecule has 0 radical (unpaired) electrons. The van der Waals surface area contributed by atoms with Crippen molar-refractivity contribution in [1.82, 2.24) is 0 Å². The van der Waals surface area contributed by atoms with Gasteiger partial charge in [-0.2, -0.15) is 0 Å². The minimum absolute atomic E-state index is 0.0149. The van der Waals surface area contributed by atoms with E-state index in [-0.39, 0.29) is 29.3 Å². The second-order valence-electron chi connectivity index (χ2n) is 5.51. The van der Waals surface area contributed by atoms with E-state index in [1.54, 1.807) is 19.1 Å². The molecule has 0 aromatic heterocycles. The largest absolute Gasteiger partial charge is 0.496 e. The number of benzene rings is 1. The van der Waals surface area contributed by atoms with Crippen LogP contribution in [0.15, 0.2) is 18.2 Å². The molecule has 0 aliphatic heterocycles. The number of carboxylic acid groups (broad SMARTS) is 1. The van der Waals surface area contributed by atoms with Crippen molar-refractivity contribution in [3.8, 4) is 11.5 Å². The highest BCUT2D eigenvalue weighted by Crippen LogP contribution is 2.31. The summed E-state index contributed by atoms with van der Waals surface area (Å²) in [7, 11) is 1.43. The SMILES string of the molecule is CCOC(=O)C1CCC(Oc2ccc(C(=O)O)c(OC)c2)CC1. The zero-order valence-corrected chi connectivity index (χ0v) is 13.4. The van der Waals surface area contributed by atoms with Crippen LogP contribution in [0.3, 0.4) is 0 Å². The van der Waals surface area contributed by atoms with Gasteiger partial charge in [-0.15, -0.1) is 0 Å². The van der Waals surface area contributed by atoms with Gasteiger partial charge in [-0.05, 0) is 44.7 Å². The molecule has 1 saturated carbocycles. The van der Waals surface area contributed by atoms with Crippen molar-refractivity contribution in [3.05, 3.63) is 23.8 Å². The third kappa shape index (κ3) is 4.37. The molecule has 1 N–H and O–H groups in total. The highest BCUT2D eigenvalue weighted by molar-refractivity contribution is 5.91. The van der Waals surface area contributed by atoms with Gasteiger partial charge in [0.25, 0.3) is 0 Å². The molecule has 6 heteroatoms. The maximum Gasteiger partial charge on any atom is 0.339 e. The molecule has 0 heterocycles. The molecule has 0 atom stereocenters. The van der Waals surface area contributed by atoms with Crippen molar-refractivity contribution in [2.45, 2.75) is 38.7 Å². The van der Waals surface area contributed by atoms with Gasteiger partial charge in [0.05, 0.1) is 25.7 Å². The van der Waals surface area contributed by atoms with Crippen LogP contribution in [-0.4, -0.2) is 36.9 Å². The van der Waals surface area contributed by atoms with Gasteiger partial charge >= 0.3 is 11.9 Å². The van der Waals surface area contributed by atoms with Gasteiger partial charge in [0.1, 0.15) is 17.1 Å². The molecule has 2 rings (SSSR count). The molecule has 1 fully saturated rings. The van der Waals surface area contributed by atoms with E-state index in [0.29, 0.717) is 12.4 Å². The molecule has 1 aliphatic carbocycles. The molecule has 1 aromatic rings. The van der Waals surface area contributed by atoms with E-state index in [2.05, 4.69) is 0 Å². The minimum Gasteiger partial charge on any atom is -0.496 e. The van der Waals surface area contributed by atoms with Crippen molar-refractivity contribution in [2.24, 2.45) is 5.92 Å². The number of esters is 1. The van der Waals surface area contributed by atoms with Crippen LogP contribution < -0.4 is 9.47 Å². The van der Waals surface area contributed by atoms with Crippen molar-refractivity contribution in [2.75, 3.05) is 13.7 Å². The predicted molar refractivity (Wildman–Crippen MR) is 83.0 cm³/mol. The Hall–Kier alpha value is -2.24. The fourth-order valence-electron chi connectivity index (χ4n) is 2.79. The van der Waals surface area contributed by atoms with E-state index in [1.165, 1.54) is 13.2 Å². The van der Waals surface area contributed by atoms with E-state index in [0.717, 1.165) is 25.7 Å². The molecule has 0 amide bonds. The number of carboxylic acids is 1. The smallest absolute Gasteiger partial charge is 0.339 e. The Morgan fingerprint density at radius 3 is 2.48 bits per heavy atom. The lowest BCUT2D eigenvalue weighted by Crippen LogP contribution is -2.29. The summed E-state index contributed by atoms with van der Waals surface area (Å²) in [6.45, 7) is 2.21. The molecule has 1 aliphatic rings. The van der Waals surface area contributed by atoms with E-state index in [1.807, 2.05) is 0 Å². The van der Waals surface area contributed by atoms with E-state index in [4.69, 9.17) is 19.3 Å². The first-order chi connectivity index (χ1) is 11.0. The van der Waals surface area contributed by atoms with Crippen molar-refractivity contribution < 1.29 is 28.9 Å². The van der Waals surface area contributed by atoms with E-state index >= 15 is 0 Å². The number of ether oxygens (including phenoxy) is 3.